The van der Waals surface area contributed by atoms with Crippen LogP contribution in [0.25, 0.3) is 11.0 Å². The van der Waals surface area contributed by atoms with E-state index in [4.69, 9.17) is 14.3 Å². The highest BCUT2D eigenvalue weighted by Gasteiger charge is 2.44. The van der Waals surface area contributed by atoms with Crippen LogP contribution >= 0.6 is 0 Å². The van der Waals surface area contributed by atoms with Crippen molar-refractivity contribution in [2.45, 2.75) is 30.5 Å². The Hall–Kier alpha value is -3.61. The summed E-state index contributed by atoms with van der Waals surface area (Å²) in [6.45, 7) is -0.582. The monoisotopic (exact) mass is 471 g/mol. The number of fused-ring (bicyclic) bond motifs is 1. The Morgan fingerprint density at radius 1 is 0.941 bits per heavy atom. The van der Waals surface area contributed by atoms with E-state index in [1.807, 2.05) is 0 Å². The van der Waals surface area contributed by atoms with E-state index in [1.165, 1.54) is 48.5 Å². The number of carboxylic acid groups (broad SMARTS) is 1. The molecule has 1 amide bonds. The normalized spacial score (nSPS) is 24.6. The quantitative estimate of drug-likeness (QED) is 0.282. The second-order valence-electron chi connectivity index (χ2n) is 7.83. The van der Waals surface area contributed by atoms with Gasteiger partial charge in [-0.1, -0.05) is 12.1 Å². The van der Waals surface area contributed by atoms with Gasteiger partial charge in [-0.3, -0.25) is 4.79 Å². The van der Waals surface area contributed by atoms with Crippen molar-refractivity contribution in [1.29, 1.82) is 0 Å². The molecule has 11 nitrogen and oxygen atoms in total. The zero-order valence-corrected chi connectivity index (χ0v) is 17.5. The van der Waals surface area contributed by atoms with E-state index in [9.17, 15) is 34.8 Å². The van der Waals surface area contributed by atoms with Crippen molar-refractivity contribution in [2.75, 3.05) is 11.9 Å². The Kier molecular flexibility index (Phi) is 6.46. The maximum Gasteiger partial charge on any atom is 0.349 e. The van der Waals surface area contributed by atoms with Crippen LogP contribution in [0.4, 0.5) is 5.69 Å². The van der Waals surface area contributed by atoms with Crippen molar-refractivity contribution in [3.05, 3.63) is 75.6 Å². The highest BCUT2D eigenvalue weighted by Crippen LogP contribution is 2.33. The molecule has 0 bridgehead atoms. The van der Waals surface area contributed by atoms with E-state index in [1.54, 1.807) is 0 Å². The first kappa shape index (κ1) is 23.5. The SMILES string of the molecule is O=C(O)c1ccc(NC(=O)c2cc3ccc([C@@H]4O[C@H](CO)[C@H](O)[C@H](O)[C@H]4O)cc3oc2=O)cc1. The number of benzene rings is 2. The summed E-state index contributed by atoms with van der Waals surface area (Å²) in [4.78, 5) is 36.0. The third kappa shape index (κ3) is 4.42. The summed E-state index contributed by atoms with van der Waals surface area (Å²) in [5, 5.41) is 51.5. The van der Waals surface area contributed by atoms with Gasteiger partial charge in [0.15, 0.2) is 0 Å². The maximum absolute atomic E-state index is 12.6. The fourth-order valence-corrected chi connectivity index (χ4v) is 3.73. The molecule has 1 aromatic heterocycles. The number of nitrogens with one attached hydrogen (secondary N) is 1. The van der Waals surface area contributed by atoms with E-state index < -0.39 is 54.6 Å². The molecule has 1 aliphatic rings. The Balaban J connectivity index is 1.60. The first-order valence-corrected chi connectivity index (χ1v) is 10.2. The van der Waals surface area contributed by atoms with Gasteiger partial charge in [0, 0.05) is 11.1 Å². The van der Waals surface area contributed by atoms with Gasteiger partial charge in [0.05, 0.1) is 12.2 Å². The molecule has 1 saturated heterocycles. The van der Waals surface area contributed by atoms with Crippen LogP contribution in [0.2, 0.25) is 0 Å². The molecule has 11 heteroatoms. The minimum Gasteiger partial charge on any atom is -0.478 e. The molecule has 2 aromatic carbocycles. The summed E-state index contributed by atoms with van der Waals surface area (Å²) in [5.74, 6) is -1.87. The van der Waals surface area contributed by atoms with E-state index in [0.717, 1.165) is 0 Å². The number of carboxylic acids is 1. The molecular weight excluding hydrogens is 450 g/mol. The molecule has 4 rings (SSSR count). The molecule has 0 radical (unpaired) electrons. The Bertz CT molecular complexity index is 1280. The summed E-state index contributed by atoms with van der Waals surface area (Å²) in [6.07, 6.45) is -6.77. The number of aromatic carboxylic acids is 1. The molecule has 178 valence electrons. The number of carbonyl (C=O) groups excluding carboxylic acids is 1. The fourth-order valence-electron chi connectivity index (χ4n) is 3.73. The highest BCUT2D eigenvalue weighted by atomic mass is 16.5. The average molecular weight is 471 g/mol. The first-order valence-electron chi connectivity index (χ1n) is 10.2. The predicted molar refractivity (Wildman–Crippen MR) is 117 cm³/mol. The third-order valence-corrected chi connectivity index (χ3v) is 5.62. The zero-order chi connectivity index (χ0) is 24.6. The predicted octanol–water partition coefficient (Wildman–Crippen LogP) is 0.258. The number of carbonyl (C=O) groups is 2. The molecule has 0 spiro atoms. The van der Waals surface area contributed by atoms with Crippen molar-refractivity contribution >= 4 is 28.5 Å². The second-order valence-corrected chi connectivity index (χ2v) is 7.83. The number of hydrogen-bond acceptors (Lipinski definition) is 9. The van der Waals surface area contributed by atoms with E-state index in [0.29, 0.717) is 10.9 Å². The second kappa shape index (κ2) is 9.33. The lowest BCUT2D eigenvalue weighted by Gasteiger charge is -2.40. The van der Waals surface area contributed by atoms with Crippen LogP contribution in [0.3, 0.4) is 0 Å². The number of amides is 1. The van der Waals surface area contributed by atoms with Gasteiger partial charge in [-0.05, 0) is 42.0 Å². The van der Waals surface area contributed by atoms with Crippen molar-refractivity contribution in [2.24, 2.45) is 0 Å². The van der Waals surface area contributed by atoms with E-state index in [2.05, 4.69) is 5.32 Å². The standard InChI is InChI=1S/C23H21NO10/c25-9-16-17(26)18(27)19(28)20(33-16)12-2-1-11-7-14(23(32)34-15(11)8-12)21(29)24-13-5-3-10(4-6-13)22(30)31/h1-8,16-20,25-28H,9H2,(H,24,29)(H,30,31)/t16-,17+,18+,19-,20+/m1/s1. The Morgan fingerprint density at radius 2 is 1.65 bits per heavy atom. The number of anilines is 1. The van der Waals surface area contributed by atoms with Gasteiger partial charge in [0.2, 0.25) is 0 Å². The maximum atomic E-state index is 12.6. The van der Waals surface area contributed by atoms with Crippen LogP contribution in [-0.4, -0.2) is 68.4 Å². The van der Waals surface area contributed by atoms with Crippen LogP contribution in [0.15, 0.2) is 57.7 Å². The lowest BCUT2D eigenvalue weighted by atomic mass is 9.91. The van der Waals surface area contributed by atoms with Gasteiger partial charge in [0.1, 0.15) is 41.7 Å². The molecule has 0 aliphatic carbocycles. The number of ether oxygens (including phenoxy) is 1. The smallest absolute Gasteiger partial charge is 0.349 e. The summed E-state index contributed by atoms with van der Waals surface area (Å²) in [5.41, 5.74) is -0.482. The Morgan fingerprint density at radius 3 is 2.29 bits per heavy atom. The van der Waals surface area contributed by atoms with Crippen LogP contribution in [-0.2, 0) is 4.74 Å². The molecule has 34 heavy (non-hydrogen) atoms. The van der Waals surface area contributed by atoms with Crippen molar-refractivity contribution in [1.82, 2.24) is 0 Å². The van der Waals surface area contributed by atoms with Gasteiger partial charge in [-0.25, -0.2) is 9.59 Å². The number of aliphatic hydroxyl groups excluding tert-OH is 4. The molecule has 1 aliphatic heterocycles. The number of hydrogen-bond donors (Lipinski definition) is 6. The lowest BCUT2D eigenvalue weighted by Crippen LogP contribution is -2.55. The van der Waals surface area contributed by atoms with Crippen molar-refractivity contribution < 1.29 is 44.3 Å². The molecule has 5 atom stereocenters. The number of rotatable bonds is 5. The Labute approximate surface area is 191 Å². The van der Waals surface area contributed by atoms with Crippen molar-refractivity contribution in [3.8, 4) is 0 Å². The van der Waals surface area contributed by atoms with Gasteiger partial charge in [-0.15, -0.1) is 0 Å². The minimum absolute atomic E-state index is 0.0402. The van der Waals surface area contributed by atoms with Crippen molar-refractivity contribution in [3.63, 3.8) is 0 Å². The van der Waals surface area contributed by atoms with Gasteiger partial charge >= 0.3 is 11.6 Å². The van der Waals surface area contributed by atoms with Gasteiger partial charge in [-0.2, -0.15) is 0 Å². The summed E-state index contributed by atoms with van der Waals surface area (Å²) in [6, 6.07) is 11.2. The largest absolute Gasteiger partial charge is 0.478 e. The molecule has 0 saturated carbocycles. The minimum atomic E-state index is -1.56. The van der Waals surface area contributed by atoms with E-state index >= 15 is 0 Å². The van der Waals surface area contributed by atoms with E-state index in [-0.39, 0.29) is 22.4 Å². The average Bonchev–Trinajstić information content (AvgIpc) is 2.82. The molecule has 6 N–H and O–H groups in total. The molecular formula is C23H21NO10. The highest BCUT2D eigenvalue weighted by molar-refractivity contribution is 6.05. The third-order valence-electron chi connectivity index (χ3n) is 5.62. The topological polar surface area (TPSA) is 187 Å². The molecule has 3 aromatic rings. The zero-order valence-electron chi connectivity index (χ0n) is 17.5. The van der Waals surface area contributed by atoms with Gasteiger partial charge in [0.25, 0.3) is 5.91 Å². The van der Waals surface area contributed by atoms with Gasteiger partial charge < -0.3 is 40.0 Å². The van der Waals surface area contributed by atoms with Crippen LogP contribution in [0, 0.1) is 0 Å². The molecule has 2 heterocycles. The molecule has 1 fully saturated rings. The van der Waals surface area contributed by atoms with Crippen LogP contribution < -0.4 is 10.9 Å². The fraction of sp³-hybridized carbons (Fsp3) is 0.261. The molecule has 0 unspecified atom stereocenters. The van der Waals surface area contributed by atoms with Crippen LogP contribution in [0.5, 0.6) is 0 Å². The lowest BCUT2D eigenvalue weighted by molar-refractivity contribution is -0.231. The summed E-state index contributed by atoms with van der Waals surface area (Å²) in [7, 11) is 0. The van der Waals surface area contributed by atoms with Crippen LogP contribution in [0.1, 0.15) is 32.4 Å². The summed E-state index contributed by atoms with van der Waals surface area (Å²) < 4.78 is 10.8. The number of aliphatic hydroxyl groups is 4. The summed E-state index contributed by atoms with van der Waals surface area (Å²) >= 11 is 0. The first-order chi connectivity index (χ1) is 16.2.